The molecule has 1 amide bonds. The van der Waals surface area contributed by atoms with E-state index in [1.807, 2.05) is 32.2 Å². The fraction of sp³-hybridized carbons (Fsp3) is 0.529. The minimum atomic E-state index is -0.0879. The average molecular weight is 373 g/mol. The molecular weight excluding hydrogens is 347 g/mol. The Morgan fingerprint density at radius 1 is 1.38 bits per heavy atom. The van der Waals surface area contributed by atoms with Gasteiger partial charge in [0.15, 0.2) is 0 Å². The van der Waals surface area contributed by atoms with Crippen LogP contribution in [0.5, 0.6) is 0 Å². The van der Waals surface area contributed by atoms with Gasteiger partial charge in [-0.25, -0.2) is 4.98 Å². The van der Waals surface area contributed by atoms with Crippen LogP contribution < -0.4 is 10.6 Å². The molecule has 1 aromatic carbocycles. The van der Waals surface area contributed by atoms with Crippen LogP contribution in [0.2, 0.25) is 0 Å². The maximum atomic E-state index is 12.5. The van der Waals surface area contributed by atoms with Crippen LogP contribution >= 0.6 is 24.8 Å². The van der Waals surface area contributed by atoms with E-state index in [2.05, 4.69) is 33.2 Å². The van der Waals surface area contributed by atoms with Crippen LogP contribution in [0.15, 0.2) is 24.3 Å². The summed E-state index contributed by atoms with van der Waals surface area (Å²) in [6.07, 6.45) is 1.81. The lowest BCUT2D eigenvalue weighted by Gasteiger charge is -2.28. The van der Waals surface area contributed by atoms with Crippen molar-refractivity contribution in [2.24, 2.45) is 13.0 Å². The molecule has 0 radical (unpaired) electrons. The minimum Gasteiger partial charge on any atom is -0.346 e. The van der Waals surface area contributed by atoms with E-state index in [9.17, 15) is 4.79 Å². The monoisotopic (exact) mass is 372 g/mol. The van der Waals surface area contributed by atoms with Gasteiger partial charge in [0.1, 0.15) is 5.82 Å². The second kappa shape index (κ2) is 8.70. The third-order valence-electron chi connectivity index (χ3n) is 4.56. The third kappa shape index (κ3) is 4.21. The normalized spacial score (nSPS) is 21.5. The zero-order valence-electron chi connectivity index (χ0n) is 14.3. The summed E-state index contributed by atoms with van der Waals surface area (Å²) >= 11 is 0. The van der Waals surface area contributed by atoms with Crippen molar-refractivity contribution >= 4 is 41.8 Å². The summed E-state index contributed by atoms with van der Waals surface area (Å²) in [5.41, 5.74) is 2.06. The van der Waals surface area contributed by atoms with Crippen LogP contribution in [-0.2, 0) is 11.8 Å². The van der Waals surface area contributed by atoms with Crippen molar-refractivity contribution < 1.29 is 4.79 Å². The lowest BCUT2D eigenvalue weighted by Crippen LogP contribution is -2.43. The van der Waals surface area contributed by atoms with Crippen molar-refractivity contribution in [1.29, 1.82) is 0 Å². The van der Waals surface area contributed by atoms with Crippen molar-refractivity contribution in [2.45, 2.75) is 38.8 Å². The van der Waals surface area contributed by atoms with Crippen LogP contribution in [0, 0.1) is 5.92 Å². The number of hydrogen-bond acceptors (Lipinski definition) is 3. The highest BCUT2D eigenvalue weighted by Crippen LogP contribution is 2.21. The van der Waals surface area contributed by atoms with Crippen molar-refractivity contribution in [3.05, 3.63) is 30.1 Å². The number of para-hydroxylation sites is 2. The number of aryl methyl sites for hydroxylation is 1. The number of benzene rings is 1. The van der Waals surface area contributed by atoms with Crippen LogP contribution in [0.25, 0.3) is 11.0 Å². The predicted molar refractivity (Wildman–Crippen MR) is 102 cm³/mol. The fourth-order valence-corrected chi connectivity index (χ4v) is 3.32. The Morgan fingerprint density at radius 3 is 2.75 bits per heavy atom. The van der Waals surface area contributed by atoms with E-state index in [4.69, 9.17) is 0 Å². The Hall–Kier alpha value is -1.30. The lowest BCUT2D eigenvalue weighted by molar-refractivity contribution is -0.126. The SMILES string of the molecule is CC(NC(=O)[C@H]1CCN[C@@H](C)C1)c1nc2ccccc2n1C.Cl.Cl. The molecule has 2 heterocycles. The molecular formula is C17H26Cl2N4O. The molecule has 0 aliphatic carbocycles. The van der Waals surface area contributed by atoms with E-state index in [0.717, 1.165) is 36.2 Å². The quantitative estimate of drug-likeness (QED) is 0.870. The van der Waals surface area contributed by atoms with Gasteiger partial charge in [-0.3, -0.25) is 4.79 Å². The molecule has 24 heavy (non-hydrogen) atoms. The summed E-state index contributed by atoms with van der Waals surface area (Å²) in [6, 6.07) is 8.37. The molecule has 3 atom stereocenters. The Bertz CT molecular complexity index is 688. The number of piperidine rings is 1. The number of rotatable bonds is 3. The molecule has 0 spiro atoms. The second-order valence-corrected chi connectivity index (χ2v) is 6.32. The van der Waals surface area contributed by atoms with Crippen LogP contribution in [0.1, 0.15) is 38.6 Å². The molecule has 134 valence electrons. The Morgan fingerprint density at radius 2 is 2.08 bits per heavy atom. The summed E-state index contributed by atoms with van der Waals surface area (Å²) in [5.74, 6) is 1.15. The maximum Gasteiger partial charge on any atom is 0.223 e. The highest BCUT2D eigenvalue weighted by Gasteiger charge is 2.26. The number of carbonyl (C=O) groups excluding carboxylic acids is 1. The maximum absolute atomic E-state index is 12.5. The molecule has 1 fully saturated rings. The van der Waals surface area contributed by atoms with Crippen molar-refractivity contribution in [3.8, 4) is 0 Å². The standard InChI is InChI=1S/C17H24N4O.2ClH/c1-11-10-13(8-9-18-11)17(22)19-12(2)16-20-14-6-4-5-7-15(14)21(16)3;;/h4-7,11-13,18H,8-10H2,1-3H3,(H,19,22);2*1H/t11-,12?,13-;;/m0../s1. The average Bonchev–Trinajstić information content (AvgIpc) is 2.85. The first kappa shape index (κ1) is 20.7. The number of amides is 1. The van der Waals surface area contributed by atoms with Gasteiger partial charge in [-0.05, 0) is 45.4 Å². The number of nitrogens with one attached hydrogen (secondary N) is 2. The topological polar surface area (TPSA) is 59.0 Å². The van der Waals surface area contributed by atoms with Gasteiger partial charge in [-0.1, -0.05) is 12.1 Å². The Kier molecular flexibility index (Phi) is 7.52. The van der Waals surface area contributed by atoms with Gasteiger partial charge in [-0.15, -0.1) is 24.8 Å². The molecule has 1 aromatic heterocycles. The molecule has 5 nitrogen and oxygen atoms in total. The molecule has 0 bridgehead atoms. The van der Waals surface area contributed by atoms with E-state index < -0.39 is 0 Å². The van der Waals surface area contributed by atoms with Gasteiger partial charge >= 0.3 is 0 Å². The molecule has 0 saturated carbocycles. The number of imidazole rings is 1. The first-order valence-corrected chi connectivity index (χ1v) is 8.01. The molecule has 7 heteroatoms. The first-order chi connectivity index (χ1) is 10.6. The van der Waals surface area contributed by atoms with Gasteiger partial charge in [0.25, 0.3) is 0 Å². The number of fused-ring (bicyclic) bond motifs is 1. The Balaban J connectivity index is 0.00000144. The van der Waals surface area contributed by atoms with Crippen molar-refractivity contribution in [2.75, 3.05) is 6.54 Å². The number of nitrogens with zero attached hydrogens (tertiary/aromatic N) is 2. The van der Waals surface area contributed by atoms with E-state index in [0.29, 0.717) is 6.04 Å². The zero-order chi connectivity index (χ0) is 15.7. The number of aromatic nitrogens is 2. The third-order valence-corrected chi connectivity index (χ3v) is 4.56. The van der Waals surface area contributed by atoms with Crippen molar-refractivity contribution in [1.82, 2.24) is 20.2 Å². The minimum absolute atomic E-state index is 0. The molecule has 1 aliphatic rings. The highest BCUT2D eigenvalue weighted by molar-refractivity contribution is 5.85. The first-order valence-electron chi connectivity index (χ1n) is 8.01. The van der Waals surface area contributed by atoms with Gasteiger partial charge in [0, 0.05) is 19.0 Å². The second-order valence-electron chi connectivity index (χ2n) is 6.32. The summed E-state index contributed by atoms with van der Waals surface area (Å²) in [5, 5.41) is 6.52. The van der Waals surface area contributed by atoms with Crippen LogP contribution in [-0.4, -0.2) is 28.0 Å². The highest BCUT2D eigenvalue weighted by atomic mass is 35.5. The number of hydrogen-bond donors (Lipinski definition) is 2. The molecule has 2 N–H and O–H groups in total. The van der Waals surface area contributed by atoms with Crippen LogP contribution in [0.3, 0.4) is 0 Å². The van der Waals surface area contributed by atoms with Crippen LogP contribution in [0.4, 0.5) is 0 Å². The smallest absolute Gasteiger partial charge is 0.223 e. The summed E-state index contributed by atoms with van der Waals surface area (Å²) < 4.78 is 2.06. The molecule has 1 unspecified atom stereocenters. The molecule has 3 rings (SSSR count). The Labute approximate surface area is 155 Å². The lowest BCUT2D eigenvalue weighted by atomic mass is 9.92. The summed E-state index contributed by atoms with van der Waals surface area (Å²) in [4.78, 5) is 17.1. The summed E-state index contributed by atoms with van der Waals surface area (Å²) in [7, 11) is 2.00. The van der Waals surface area contributed by atoms with E-state index in [1.165, 1.54) is 0 Å². The zero-order valence-corrected chi connectivity index (χ0v) is 15.9. The van der Waals surface area contributed by atoms with Crippen molar-refractivity contribution in [3.63, 3.8) is 0 Å². The molecule has 2 aromatic rings. The van der Waals surface area contributed by atoms with Gasteiger partial charge in [0.05, 0.1) is 17.1 Å². The van der Waals surface area contributed by atoms with E-state index in [1.54, 1.807) is 0 Å². The number of halogens is 2. The molecule has 1 saturated heterocycles. The van der Waals surface area contributed by atoms with Gasteiger partial charge in [-0.2, -0.15) is 0 Å². The predicted octanol–water partition coefficient (Wildman–Crippen LogP) is 2.98. The van der Waals surface area contributed by atoms with Gasteiger partial charge < -0.3 is 15.2 Å². The van der Waals surface area contributed by atoms with E-state index in [-0.39, 0.29) is 42.7 Å². The van der Waals surface area contributed by atoms with Gasteiger partial charge in [0.2, 0.25) is 5.91 Å². The largest absolute Gasteiger partial charge is 0.346 e. The number of carbonyl (C=O) groups is 1. The van der Waals surface area contributed by atoms with E-state index >= 15 is 0 Å². The fourth-order valence-electron chi connectivity index (χ4n) is 3.32. The molecule has 1 aliphatic heterocycles. The summed E-state index contributed by atoms with van der Waals surface area (Å²) in [6.45, 7) is 5.05.